The van der Waals surface area contributed by atoms with Crippen molar-refractivity contribution in [1.29, 1.82) is 0 Å². The summed E-state index contributed by atoms with van der Waals surface area (Å²) in [6, 6.07) is 7.46. The lowest BCUT2D eigenvalue weighted by molar-refractivity contribution is -0.139. The molecule has 0 unspecified atom stereocenters. The first-order valence-electron chi connectivity index (χ1n) is 13.5. The standard InChI is InChI=1S/C31H35N5O5S/c1-17-9-7-13-32-29(17)33-14-8-10-23-11-12-25-24(15-23)30(37)35-27(34-25)16-26(31(38)39)36-42(40,41)28-21(5)19(3)18(2)20(4)22(28)6/h7-13,15,26,36H,14,16H2,1-6H3,(H,32,33)(H,38,39)(H,34,35,37)/b10-8+/t26-/m0/s1. The number of aromatic nitrogens is 3. The van der Waals surface area contributed by atoms with Crippen LogP contribution in [0.5, 0.6) is 0 Å². The van der Waals surface area contributed by atoms with Crippen LogP contribution < -0.4 is 15.6 Å². The highest BCUT2D eigenvalue weighted by atomic mass is 32.2. The van der Waals surface area contributed by atoms with Crippen LogP contribution in [0.15, 0.2) is 52.3 Å². The second kappa shape index (κ2) is 12.3. The van der Waals surface area contributed by atoms with Crippen molar-refractivity contribution in [1.82, 2.24) is 19.7 Å². The number of aliphatic carboxylic acids is 1. The van der Waals surface area contributed by atoms with Crippen LogP contribution in [0.25, 0.3) is 17.0 Å². The SMILES string of the molecule is Cc1cccnc1NC/C=C/c1ccc2nc(C[C@H](NS(=O)(=O)c3c(C)c(C)c(C)c(C)c3C)C(=O)O)[nH]c(=O)c2c1. The van der Waals surface area contributed by atoms with E-state index < -0.39 is 27.6 Å². The normalized spacial score (nSPS) is 12.6. The van der Waals surface area contributed by atoms with Crippen molar-refractivity contribution in [3.63, 3.8) is 0 Å². The summed E-state index contributed by atoms with van der Waals surface area (Å²) in [4.78, 5) is 36.5. The number of hydrogen-bond acceptors (Lipinski definition) is 7. The number of H-pyrrole nitrogens is 1. The Morgan fingerprint density at radius 1 is 1.02 bits per heavy atom. The van der Waals surface area contributed by atoms with Crippen LogP contribution in [-0.4, -0.2) is 47.0 Å². The fourth-order valence-corrected chi connectivity index (χ4v) is 6.70. The van der Waals surface area contributed by atoms with Crippen LogP contribution in [-0.2, 0) is 21.2 Å². The van der Waals surface area contributed by atoms with Gasteiger partial charge in [0.15, 0.2) is 0 Å². The number of aromatic amines is 1. The molecule has 0 bridgehead atoms. The van der Waals surface area contributed by atoms with Gasteiger partial charge in [0, 0.05) is 19.2 Å². The quantitative estimate of drug-likeness (QED) is 0.214. The molecule has 0 fully saturated rings. The summed E-state index contributed by atoms with van der Waals surface area (Å²) in [7, 11) is -4.20. The van der Waals surface area contributed by atoms with Gasteiger partial charge in [0.1, 0.15) is 17.7 Å². The minimum atomic E-state index is -4.20. The number of sulfonamides is 1. The van der Waals surface area contributed by atoms with Crippen LogP contribution in [0.1, 0.15) is 44.8 Å². The Balaban J connectivity index is 1.54. The molecule has 10 nitrogen and oxygen atoms in total. The number of fused-ring (bicyclic) bond motifs is 1. The molecule has 0 aliphatic rings. The van der Waals surface area contributed by atoms with Crippen molar-refractivity contribution in [3.05, 3.63) is 97.7 Å². The minimum Gasteiger partial charge on any atom is -0.480 e. The molecule has 2 heterocycles. The Morgan fingerprint density at radius 2 is 1.69 bits per heavy atom. The van der Waals surface area contributed by atoms with Gasteiger partial charge < -0.3 is 15.4 Å². The number of anilines is 1. The molecule has 2 aromatic heterocycles. The van der Waals surface area contributed by atoms with Gasteiger partial charge in [-0.3, -0.25) is 9.59 Å². The van der Waals surface area contributed by atoms with E-state index in [2.05, 4.69) is 25.0 Å². The molecule has 0 amide bonds. The summed E-state index contributed by atoms with van der Waals surface area (Å²) in [5, 5.41) is 13.4. The molecule has 220 valence electrons. The van der Waals surface area contributed by atoms with Crippen LogP contribution in [0.2, 0.25) is 0 Å². The maximum absolute atomic E-state index is 13.4. The number of carboxylic acids is 1. The Bertz CT molecular complexity index is 1850. The van der Waals surface area contributed by atoms with E-state index >= 15 is 0 Å². The van der Waals surface area contributed by atoms with E-state index in [1.165, 1.54) is 0 Å². The zero-order valence-electron chi connectivity index (χ0n) is 24.5. The number of aryl methyl sites for hydroxylation is 1. The zero-order valence-corrected chi connectivity index (χ0v) is 25.3. The lowest BCUT2D eigenvalue weighted by atomic mass is 9.95. The van der Waals surface area contributed by atoms with Gasteiger partial charge in [0.2, 0.25) is 10.0 Å². The summed E-state index contributed by atoms with van der Waals surface area (Å²) in [5.74, 6) is -0.525. The van der Waals surface area contributed by atoms with Crippen molar-refractivity contribution < 1.29 is 18.3 Å². The number of carbonyl (C=O) groups is 1. The largest absolute Gasteiger partial charge is 0.480 e. The summed E-state index contributed by atoms with van der Waals surface area (Å²) < 4.78 is 29.2. The molecule has 4 N–H and O–H groups in total. The van der Waals surface area contributed by atoms with Crippen LogP contribution in [0.3, 0.4) is 0 Å². The molecule has 4 rings (SSSR count). The van der Waals surface area contributed by atoms with Crippen molar-refractivity contribution in [2.75, 3.05) is 11.9 Å². The van der Waals surface area contributed by atoms with Crippen LogP contribution >= 0.6 is 0 Å². The fourth-order valence-electron chi connectivity index (χ4n) is 4.91. The monoisotopic (exact) mass is 589 g/mol. The van der Waals surface area contributed by atoms with Gasteiger partial charge in [-0.05, 0) is 98.7 Å². The molecule has 0 saturated heterocycles. The van der Waals surface area contributed by atoms with Crippen molar-refractivity contribution in [2.24, 2.45) is 0 Å². The highest BCUT2D eigenvalue weighted by molar-refractivity contribution is 7.89. The number of hydrogen-bond donors (Lipinski definition) is 4. The maximum atomic E-state index is 13.4. The highest BCUT2D eigenvalue weighted by Crippen LogP contribution is 2.29. The molecular weight excluding hydrogens is 554 g/mol. The third kappa shape index (κ3) is 6.42. The van der Waals surface area contributed by atoms with E-state index in [0.29, 0.717) is 28.6 Å². The second-order valence-corrected chi connectivity index (χ2v) is 12.1. The molecule has 42 heavy (non-hydrogen) atoms. The van der Waals surface area contributed by atoms with E-state index in [4.69, 9.17) is 0 Å². The average Bonchev–Trinajstić information content (AvgIpc) is 2.93. The molecule has 1 atom stereocenters. The summed E-state index contributed by atoms with van der Waals surface area (Å²) in [6.07, 6.45) is 5.15. The predicted molar refractivity (Wildman–Crippen MR) is 164 cm³/mol. The third-order valence-corrected chi connectivity index (χ3v) is 9.42. The summed E-state index contributed by atoms with van der Waals surface area (Å²) in [5.41, 5.74) is 5.54. The van der Waals surface area contributed by atoms with Crippen molar-refractivity contribution in [2.45, 2.75) is 58.9 Å². The number of rotatable bonds is 10. The molecule has 0 saturated carbocycles. The first kappa shape index (κ1) is 30.6. The molecule has 0 aliphatic heterocycles. The molecule has 0 aliphatic carbocycles. The van der Waals surface area contributed by atoms with E-state index in [1.807, 2.05) is 52.0 Å². The van der Waals surface area contributed by atoms with Gasteiger partial charge in [0.25, 0.3) is 5.56 Å². The summed E-state index contributed by atoms with van der Waals surface area (Å²) >= 11 is 0. The first-order valence-corrected chi connectivity index (χ1v) is 15.0. The molecular formula is C31H35N5O5S. The number of benzene rings is 2. The van der Waals surface area contributed by atoms with E-state index in [-0.39, 0.29) is 17.1 Å². The Kier molecular flexibility index (Phi) is 8.93. The Morgan fingerprint density at radius 3 is 2.33 bits per heavy atom. The van der Waals surface area contributed by atoms with Crippen LogP contribution in [0.4, 0.5) is 5.82 Å². The number of pyridine rings is 1. The topological polar surface area (TPSA) is 154 Å². The number of nitrogens with zero attached hydrogens (tertiary/aromatic N) is 2. The maximum Gasteiger partial charge on any atom is 0.322 e. The van der Waals surface area contributed by atoms with E-state index in [0.717, 1.165) is 33.6 Å². The number of carboxylic acid groups (broad SMARTS) is 1. The lowest BCUT2D eigenvalue weighted by Crippen LogP contribution is -2.43. The first-order chi connectivity index (χ1) is 19.8. The predicted octanol–water partition coefficient (Wildman–Crippen LogP) is 4.27. The van der Waals surface area contributed by atoms with E-state index in [1.54, 1.807) is 38.2 Å². The summed E-state index contributed by atoms with van der Waals surface area (Å²) in [6.45, 7) is 11.5. The van der Waals surface area contributed by atoms with Gasteiger partial charge in [-0.1, -0.05) is 24.3 Å². The van der Waals surface area contributed by atoms with Gasteiger partial charge in [-0.2, -0.15) is 4.72 Å². The van der Waals surface area contributed by atoms with Crippen molar-refractivity contribution in [3.8, 4) is 0 Å². The van der Waals surface area contributed by atoms with E-state index in [9.17, 15) is 23.1 Å². The van der Waals surface area contributed by atoms with Gasteiger partial charge in [-0.15, -0.1) is 0 Å². The Labute approximate surface area is 245 Å². The minimum absolute atomic E-state index is 0.0607. The second-order valence-electron chi connectivity index (χ2n) is 10.4. The highest BCUT2D eigenvalue weighted by Gasteiger charge is 2.30. The van der Waals surface area contributed by atoms with Gasteiger partial charge in [0.05, 0.1) is 15.8 Å². The number of nitrogens with one attached hydrogen (secondary N) is 3. The lowest BCUT2D eigenvalue weighted by Gasteiger charge is -2.21. The van der Waals surface area contributed by atoms with Gasteiger partial charge in [-0.25, -0.2) is 18.4 Å². The molecule has 11 heteroatoms. The van der Waals surface area contributed by atoms with Crippen molar-refractivity contribution >= 4 is 38.8 Å². The smallest absolute Gasteiger partial charge is 0.322 e. The van der Waals surface area contributed by atoms with Crippen LogP contribution in [0, 0.1) is 41.5 Å². The Hall–Kier alpha value is -4.35. The third-order valence-electron chi connectivity index (χ3n) is 7.68. The molecule has 2 aromatic carbocycles. The molecule has 4 aromatic rings. The van der Waals surface area contributed by atoms with Gasteiger partial charge >= 0.3 is 5.97 Å². The fraction of sp³-hybridized carbons (Fsp3) is 0.290. The molecule has 0 radical (unpaired) electrons. The average molecular weight is 590 g/mol. The zero-order chi connectivity index (χ0) is 30.8. The molecule has 0 spiro atoms.